The maximum absolute atomic E-state index is 12.6. The Morgan fingerprint density at radius 2 is 2.12 bits per heavy atom. The molecule has 1 aliphatic carbocycles. The minimum Gasteiger partial charge on any atom is -0.370 e. The number of thiophene rings is 1. The first-order valence-electron chi connectivity index (χ1n) is 6.23. The number of ketones is 1. The normalized spacial score (nSPS) is 29.2. The molecule has 1 saturated carbocycles. The first-order chi connectivity index (χ1) is 8.09. The zero-order chi connectivity index (χ0) is 12.5. The summed E-state index contributed by atoms with van der Waals surface area (Å²) in [7, 11) is 1.68. The van der Waals surface area contributed by atoms with E-state index in [9.17, 15) is 4.79 Å². The van der Waals surface area contributed by atoms with E-state index in [2.05, 4.69) is 6.92 Å². The molecule has 0 spiro atoms. The van der Waals surface area contributed by atoms with Gasteiger partial charge in [-0.15, -0.1) is 11.3 Å². The standard InChI is InChI=1S/C14H20O2S/c1-10-4-7-14(16-3,8-5-10)13(15)12-6-9-17-11(12)2/h6,9-10H,4-5,7-8H2,1-3H3. The van der Waals surface area contributed by atoms with Gasteiger partial charge in [0.25, 0.3) is 0 Å². The summed E-state index contributed by atoms with van der Waals surface area (Å²) in [6.45, 7) is 4.26. The van der Waals surface area contributed by atoms with Crippen LogP contribution in [0.3, 0.4) is 0 Å². The van der Waals surface area contributed by atoms with Crippen LogP contribution in [0.2, 0.25) is 0 Å². The predicted molar refractivity (Wildman–Crippen MR) is 70.8 cm³/mol. The molecular formula is C14H20O2S. The molecular weight excluding hydrogens is 232 g/mol. The number of carbonyl (C=O) groups is 1. The average Bonchev–Trinajstić information content (AvgIpc) is 2.76. The van der Waals surface area contributed by atoms with Crippen LogP contribution in [0.15, 0.2) is 11.4 Å². The van der Waals surface area contributed by atoms with Crippen LogP contribution >= 0.6 is 11.3 Å². The molecule has 2 rings (SSSR count). The lowest BCUT2D eigenvalue weighted by molar-refractivity contribution is -0.0263. The molecule has 0 aliphatic heterocycles. The average molecular weight is 252 g/mol. The molecule has 0 N–H and O–H groups in total. The van der Waals surface area contributed by atoms with Crippen molar-refractivity contribution in [3.05, 3.63) is 21.9 Å². The van der Waals surface area contributed by atoms with Crippen LogP contribution < -0.4 is 0 Å². The van der Waals surface area contributed by atoms with Gasteiger partial charge in [-0.05, 0) is 50.0 Å². The van der Waals surface area contributed by atoms with Gasteiger partial charge in [0, 0.05) is 17.6 Å². The maximum atomic E-state index is 12.6. The second-order valence-electron chi connectivity index (χ2n) is 5.10. The maximum Gasteiger partial charge on any atom is 0.195 e. The molecule has 1 aromatic rings. The van der Waals surface area contributed by atoms with Crippen molar-refractivity contribution < 1.29 is 9.53 Å². The Hall–Kier alpha value is -0.670. The van der Waals surface area contributed by atoms with E-state index in [1.54, 1.807) is 18.4 Å². The minimum absolute atomic E-state index is 0.186. The Labute approximate surface area is 107 Å². The molecule has 17 heavy (non-hydrogen) atoms. The van der Waals surface area contributed by atoms with Gasteiger partial charge in [-0.3, -0.25) is 4.79 Å². The van der Waals surface area contributed by atoms with Crippen LogP contribution in [0, 0.1) is 12.8 Å². The van der Waals surface area contributed by atoms with E-state index in [0.717, 1.165) is 42.0 Å². The Morgan fingerprint density at radius 3 is 2.59 bits per heavy atom. The summed E-state index contributed by atoms with van der Waals surface area (Å²) in [6.07, 6.45) is 3.89. The summed E-state index contributed by atoms with van der Waals surface area (Å²) < 4.78 is 5.62. The Morgan fingerprint density at radius 1 is 1.47 bits per heavy atom. The van der Waals surface area contributed by atoms with Crippen LogP contribution in [0.4, 0.5) is 0 Å². The summed E-state index contributed by atoms with van der Waals surface area (Å²) in [5.41, 5.74) is 0.296. The first kappa shape index (κ1) is 12.8. The summed E-state index contributed by atoms with van der Waals surface area (Å²) in [5.74, 6) is 0.903. The van der Waals surface area contributed by atoms with Gasteiger partial charge in [-0.25, -0.2) is 0 Å². The van der Waals surface area contributed by atoms with Crippen molar-refractivity contribution in [2.45, 2.75) is 45.1 Å². The molecule has 0 unspecified atom stereocenters. The number of carbonyl (C=O) groups excluding carboxylic acids is 1. The third-order valence-corrected chi connectivity index (χ3v) is 4.84. The van der Waals surface area contributed by atoms with Crippen molar-refractivity contribution in [2.75, 3.05) is 7.11 Å². The highest BCUT2D eigenvalue weighted by Crippen LogP contribution is 2.37. The van der Waals surface area contributed by atoms with Gasteiger partial charge in [0.05, 0.1) is 0 Å². The molecule has 1 fully saturated rings. The fraction of sp³-hybridized carbons (Fsp3) is 0.643. The van der Waals surface area contributed by atoms with Crippen LogP contribution in [0.1, 0.15) is 47.8 Å². The Kier molecular flexibility index (Phi) is 3.69. The quantitative estimate of drug-likeness (QED) is 0.764. The van der Waals surface area contributed by atoms with Crippen LogP contribution in [0.25, 0.3) is 0 Å². The van der Waals surface area contributed by atoms with Crippen LogP contribution in [0.5, 0.6) is 0 Å². The molecule has 1 aliphatic rings. The predicted octanol–water partition coefficient (Wildman–Crippen LogP) is 3.83. The van der Waals surface area contributed by atoms with Crippen LogP contribution in [-0.2, 0) is 4.74 Å². The number of hydrogen-bond donors (Lipinski definition) is 0. The molecule has 0 radical (unpaired) electrons. The Bertz CT molecular complexity index is 400. The monoisotopic (exact) mass is 252 g/mol. The summed E-state index contributed by atoms with van der Waals surface area (Å²) in [5, 5.41) is 1.98. The van der Waals surface area contributed by atoms with E-state index in [1.165, 1.54) is 0 Å². The third-order valence-electron chi connectivity index (χ3n) is 3.99. The van der Waals surface area contributed by atoms with Crippen molar-refractivity contribution in [1.29, 1.82) is 0 Å². The van der Waals surface area contributed by atoms with E-state index in [1.807, 2.05) is 18.4 Å². The summed E-state index contributed by atoms with van der Waals surface area (Å²) in [6, 6.07) is 1.93. The first-order valence-corrected chi connectivity index (χ1v) is 7.11. The van der Waals surface area contributed by atoms with Gasteiger partial charge in [0.15, 0.2) is 5.78 Å². The smallest absolute Gasteiger partial charge is 0.195 e. The van der Waals surface area contributed by atoms with Crippen molar-refractivity contribution in [1.82, 2.24) is 0 Å². The lowest BCUT2D eigenvalue weighted by atomic mass is 9.75. The molecule has 94 valence electrons. The highest BCUT2D eigenvalue weighted by Gasteiger charge is 2.42. The zero-order valence-electron chi connectivity index (χ0n) is 10.8. The zero-order valence-corrected chi connectivity index (χ0v) is 11.6. The van der Waals surface area contributed by atoms with Gasteiger partial charge in [0.1, 0.15) is 5.60 Å². The van der Waals surface area contributed by atoms with Crippen molar-refractivity contribution in [3.63, 3.8) is 0 Å². The van der Waals surface area contributed by atoms with Crippen LogP contribution in [-0.4, -0.2) is 18.5 Å². The highest BCUT2D eigenvalue weighted by molar-refractivity contribution is 7.10. The van der Waals surface area contributed by atoms with Gasteiger partial charge >= 0.3 is 0 Å². The molecule has 0 atom stereocenters. The lowest BCUT2D eigenvalue weighted by Gasteiger charge is -2.36. The largest absolute Gasteiger partial charge is 0.370 e. The number of aryl methyl sites for hydroxylation is 1. The van der Waals surface area contributed by atoms with Crippen molar-refractivity contribution >= 4 is 17.1 Å². The Balaban J connectivity index is 2.24. The van der Waals surface area contributed by atoms with E-state index >= 15 is 0 Å². The molecule has 0 amide bonds. The highest BCUT2D eigenvalue weighted by atomic mass is 32.1. The van der Waals surface area contributed by atoms with E-state index < -0.39 is 5.60 Å². The number of methoxy groups -OCH3 is 1. The summed E-state index contributed by atoms with van der Waals surface area (Å²) >= 11 is 1.63. The summed E-state index contributed by atoms with van der Waals surface area (Å²) in [4.78, 5) is 13.7. The van der Waals surface area contributed by atoms with E-state index in [4.69, 9.17) is 4.74 Å². The third kappa shape index (κ3) is 2.31. The number of Topliss-reactive ketones (excluding diaryl/α,β-unsaturated/α-hetero) is 1. The topological polar surface area (TPSA) is 26.3 Å². The molecule has 3 heteroatoms. The molecule has 0 bridgehead atoms. The van der Waals surface area contributed by atoms with Gasteiger partial charge in [0.2, 0.25) is 0 Å². The second kappa shape index (κ2) is 4.91. The van der Waals surface area contributed by atoms with Gasteiger partial charge < -0.3 is 4.74 Å². The number of hydrogen-bond acceptors (Lipinski definition) is 3. The fourth-order valence-corrected chi connectivity index (χ4v) is 3.31. The van der Waals surface area contributed by atoms with Crippen molar-refractivity contribution in [3.8, 4) is 0 Å². The number of rotatable bonds is 3. The lowest BCUT2D eigenvalue weighted by Crippen LogP contribution is -2.43. The second-order valence-corrected chi connectivity index (χ2v) is 6.22. The number of ether oxygens (including phenoxy) is 1. The molecule has 0 saturated heterocycles. The van der Waals surface area contributed by atoms with E-state index in [0.29, 0.717) is 0 Å². The van der Waals surface area contributed by atoms with Crippen molar-refractivity contribution in [2.24, 2.45) is 5.92 Å². The molecule has 1 aromatic heterocycles. The fourth-order valence-electron chi connectivity index (χ4n) is 2.62. The van der Waals surface area contributed by atoms with Gasteiger partial charge in [-0.1, -0.05) is 6.92 Å². The SMILES string of the molecule is COC1(C(=O)c2ccsc2C)CCC(C)CC1. The molecule has 0 aromatic carbocycles. The molecule has 2 nitrogen and oxygen atoms in total. The van der Waals surface area contributed by atoms with Gasteiger partial charge in [-0.2, -0.15) is 0 Å². The molecule has 1 heterocycles. The minimum atomic E-state index is -0.557. The van der Waals surface area contributed by atoms with E-state index in [-0.39, 0.29) is 5.78 Å².